The minimum atomic E-state index is -0.347. The Morgan fingerprint density at radius 2 is 2.29 bits per heavy atom. The number of aliphatic hydroxyl groups is 1. The van der Waals surface area contributed by atoms with Gasteiger partial charge >= 0.3 is 0 Å². The molecule has 0 amide bonds. The molecule has 0 aliphatic carbocycles. The number of nitrogens with zero attached hydrogens (tertiary/aromatic N) is 1. The smallest absolute Gasteiger partial charge is 0.141 e. The Bertz CT molecular complexity index is 276. The number of aromatic nitrogens is 1. The highest BCUT2D eigenvalue weighted by Gasteiger charge is 2.17. The third-order valence-corrected chi connectivity index (χ3v) is 2.24. The van der Waals surface area contributed by atoms with E-state index in [1.165, 1.54) is 12.3 Å². The lowest BCUT2D eigenvalue weighted by molar-refractivity contribution is 0.204. The Labute approximate surface area is 83.0 Å². The van der Waals surface area contributed by atoms with Crippen molar-refractivity contribution in [2.45, 2.75) is 13.0 Å². The molecule has 0 spiro atoms. The van der Waals surface area contributed by atoms with E-state index >= 15 is 0 Å². The van der Waals surface area contributed by atoms with Gasteiger partial charge in [0.1, 0.15) is 5.82 Å². The van der Waals surface area contributed by atoms with Crippen molar-refractivity contribution in [3.8, 4) is 0 Å². The number of hydrogen-bond acceptors (Lipinski definition) is 3. The number of hydrogen-bond donors (Lipinski definition) is 2. The fraction of sp³-hybridized carbons (Fsp3) is 0.500. The van der Waals surface area contributed by atoms with Crippen LogP contribution in [0.1, 0.15) is 18.7 Å². The van der Waals surface area contributed by atoms with Gasteiger partial charge in [-0.25, -0.2) is 4.39 Å². The second-order valence-electron chi connectivity index (χ2n) is 3.33. The summed E-state index contributed by atoms with van der Waals surface area (Å²) in [4.78, 5) is 3.97. The first kappa shape index (κ1) is 11.1. The Morgan fingerprint density at radius 3 is 2.71 bits per heavy atom. The van der Waals surface area contributed by atoms with E-state index in [2.05, 4.69) is 10.3 Å². The quantitative estimate of drug-likeness (QED) is 0.761. The van der Waals surface area contributed by atoms with Gasteiger partial charge in [-0.1, -0.05) is 6.92 Å². The first-order valence-electron chi connectivity index (χ1n) is 4.58. The summed E-state index contributed by atoms with van der Waals surface area (Å²) in [5, 5.41) is 12.1. The molecule has 0 radical (unpaired) electrons. The Kier molecular flexibility index (Phi) is 3.98. The molecule has 2 atom stereocenters. The lowest BCUT2D eigenvalue weighted by Gasteiger charge is -2.20. The van der Waals surface area contributed by atoms with Crippen LogP contribution < -0.4 is 5.32 Å². The minimum Gasteiger partial charge on any atom is -0.396 e. The average molecular weight is 198 g/mol. The van der Waals surface area contributed by atoms with Crippen LogP contribution in [0.15, 0.2) is 18.3 Å². The molecule has 0 aliphatic rings. The maximum atomic E-state index is 12.6. The van der Waals surface area contributed by atoms with Crippen LogP contribution in [0.25, 0.3) is 0 Å². The molecule has 14 heavy (non-hydrogen) atoms. The topological polar surface area (TPSA) is 45.2 Å². The van der Waals surface area contributed by atoms with Gasteiger partial charge in [0.05, 0.1) is 17.9 Å². The summed E-state index contributed by atoms with van der Waals surface area (Å²) in [5.41, 5.74) is 0.746. The predicted octanol–water partition coefficient (Wildman–Crippen LogP) is 1.11. The van der Waals surface area contributed by atoms with Crippen LogP contribution in [0.3, 0.4) is 0 Å². The zero-order valence-corrected chi connectivity index (χ0v) is 8.37. The molecule has 0 aliphatic heterocycles. The van der Waals surface area contributed by atoms with Crippen molar-refractivity contribution < 1.29 is 9.50 Å². The summed E-state index contributed by atoms with van der Waals surface area (Å²) in [7, 11) is 1.79. The molecule has 0 saturated heterocycles. The number of pyridine rings is 1. The third-order valence-electron chi connectivity index (χ3n) is 2.24. The zero-order chi connectivity index (χ0) is 10.6. The molecule has 1 aromatic rings. The SMILES string of the molecule is CNC(c1ccc(F)cn1)C(C)CO. The second kappa shape index (κ2) is 5.02. The molecule has 4 heteroatoms. The maximum absolute atomic E-state index is 12.6. The van der Waals surface area contributed by atoms with Crippen LogP contribution in [-0.4, -0.2) is 23.7 Å². The van der Waals surface area contributed by atoms with Crippen molar-refractivity contribution in [2.24, 2.45) is 5.92 Å². The second-order valence-corrected chi connectivity index (χ2v) is 3.33. The molecule has 1 aromatic heterocycles. The van der Waals surface area contributed by atoms with E-state index < -0.39 is 0 Å². The molecule has 2 N–H and O–H groups in total. The summed E-state index contributed by atoms with van der Waals surface area (Å²) in [5.74, 6) is -0.293. The summed E-state index contributed by atoms with van der Waals surface area (Å²) in [6, 6.07) is 2.96. The molecule has 2 unspecified atom stereocenters. The van der Waals surface area contributed by atoms with Gasteiger partial charge in [-0.2, -0.15) is 0 Å². The maximum Gasteiger partial charge on any atom is 0.141 e. The van der Waals surface area contributed by atoms with Gasteiger partial charge < -0.3 is 10.4 Å². The Balaban J connectivity index is 2.84. The fourth-order valence-electron chi connectivity index (χ4n) is 1.40. The summed E-state index contributed by atoms with van der Waals surface area (Å²) in [6.07, 6.45) is 1.18. The van der Waals surface area contributed by atoms with Crippen LogP contribution in [-0.2, 0) is 0 Å². The Morgan fingerprint density at radius 1 is 1.57 bits per heavy atom. The van der Waals surface area contributed by atoms with Gasteiger partial charge in [0, 0.05) is 12.5 Å². The molecule has 0 saturated carbocycles. The van der Waals surface area contributed by atoms with Gasteiger partial charge in [-0.3, -0.25) is 4.98 Å². The van der Waals surface area contributed by atoms with Crippen molar-refractivity contribution >= 4 is 0 Å². The first-order valence-corrected chi connectivity index (χ1v) is 4.58. The van der Waals surface area contributed by atoms with Crippen LogP contribution in [0.2, 0.25) is 0 Å². The average Bonchev–Trinajstić information content (AvgIpc) is 2.21. The highest BCUT2D eigenvalue weighted by atomic mass is 19.1. The number of nitrogens with one attached hydrogen (secondary N) is 1. The zero-order valence-electron chi connectivity index (χ0n) is 8.37. The standard InChI is InChI=1S/C10H15FN2O/c1-7(6-14)10(12-2)9-4-3-8(11)5-13-9/h3-5,7,10,12,14H,6H2,1-2H3. The van der Waals surface area contributed by atoms with Crippen LogP contribution in [0, 0.1) is 11.7 Å². The van der Waals surface area contributed by atoms with Gasteiger partial charge in [-0.15, -0.1) is 0 Å². The third kappa shape index (κ3) is 2.49. The van der Waals surface area contributed by atoms with Gasteiger partial charge in [0.15, 0.2) is 0 Å². The lowest BCUT2D eigenvalue weighted by atomic mass is 9.99. The number of aliphatic hydroxyl groups excluding tert-OH is 1. The lowest BCUT2D eigenvalue weighted by Crippen LogP contribution is -2.26. The number of rotatable bonds is 4. The molecule has 0 aromatic carbocycles. The van der Waals surface area contributed by atoms with Crippen LogP contribution in [0.5, 0.6) is 0 Å². The molecule has 0 bridgehead atoms. The van der Waals surface area contributed by atoms with Crippen molar-refractivity contribution in [1.29, 1.82) is 0 Å². The molecular formula is C10H15FN2O. The minimum absolute atomic E-state index is 0.0411. The van der Waals surface area contributed by atoms with Crippen molar-refractivity contribution in [3.63, 3.8) is 0 Å². The molecule has 3 nitrogen and oxygen atoms in total. The van der Waals surface area contributed by atoms with Gasteiger partial charge in [0.2, 0.25) is 0 Å². The summed E-state index contributed by atoms with van der Waals surface area (Å²) >= 11 is 0. The molecule has 1 heterocycles. The molecule has 1 rings (SSSR count). The summed E-state index contributed by atoms with van der Waals surface area (Å²) in [6.45, 7) is 1.98. The Hall–Kier alpha value is -1.00. The highest BCUT2D eigenvalue weighted by molar-refractivity contribution is 5.10. The van der Waals surface area contributed by atoms with Crippen LogP contribution in [0.4, 0.5) is 4.39 Å². The molecule has 0 fully saturated rings. The van der Waals surface area contributed by atoms with Gasteiger partial charge in [0.25, 0.3) is 0 Å². The van der Waals surface area contributed by atoms with Crippen molar-refractivity contribution in [3.05, 3.63) is 29.8 Å². The van der Waals surface area contributed by atoms with E-state index in [9.17, 15) is 4.39 Å². The summed E-state index contributed by atoms with van der Waals surface area (Å²) < 4.78 is 12.6. The predicted molar refractivity (Wildman–Crippen MR) is 52.2 cm³/mol. The largest absolute Gasteiger partial charge is 0.396 e. The van der Waals surface area contributed by atoms with E-state index in [0.717, 1.165) is 5.69 Å². The van der Waals surface area contributed by atoms with E-state index in [1.54, 1.807) is 13.1 Å². The first-order chi connectivity index (χ1) is 6.69. The van der Waals surface area contributed by atoms with E-state index in [1.807, 2.05) is 6.92 Å². The highest BCUT2D eigenvalue weighted by Crippen LogP contribution is 2.18. The number of halogens is 1. The normalized spacial score (nSPS) is 15.1. The van der Waals surface area contributed by atoms with E-state index in [0.29, 0.717) is 0 Å². The van der Waals surface area contributed by atoms with Crippen molar-refractivity contribution in [1.82, 2.24) is 10.3 Å². The van der Waals surface area contributed by atoms with Crippen LogP contribution >= 0.6 is 0 Å². The molecular weight excluding hydrogens is 183 g/mol. The van der Waals surface area contributed by atoms with Crippen molar-refractivity contribution in [2.75, 3.05) is 13.7 Å². The fourth-order valence-corrected chi connectivity index (χ4v) is 1.40. The van der Waals surface area contributed by atoms with E-state index in [4.69, 9.17) is 5.11 Å². The molecule has 78 valence electrons. The monoisotopic (exact) mass is 198 g/mol. The van der Waals surface area contributed by atoms with E-state index in [-0.39, 0.29) is 24.4 Å². The van der Waals surface area contributed by atoms with Gasteiger partial charge in [-0.05, 0) is 19.2 Å².